The van der Waals surface area contributed by atoms with E-state index >= 15 is 0 Å². The van der Waals surface area contributed by atoms with E-state index in [1.807, 2.05) is 0 Å². The van der Waals surface area contributed by atoms with Crippen molar-refractivity contribution < 1.29 is 22.0 Å². The number of hydrogen-bond donors (Lipinski definition) is 0. The molecular formula is C4H3Cl2F5. The monoisotopic (exact) mass is 216 g/mol. The molecule has 0 aromatic carbocycles. The van der Waals surface area contributed by atoms with Gasteiger partial charge in [-0.15, -0.1) is 11.6 Å². The summed E-state index contributed by atoms with van der Waals surface area (Å²) in [6.07, 6.45) is -6.52. The van der Waals surface area contributed by atoms with Gasteiger partial charge < -0.3 is 0 Å². The molecule has 68 valence electrons. The summed E-state index contributed by atoms with van der Waals surface area (Å²) in [5.41, 5.74) is 0. The molecule has 0 aromatic rings. The van der Waals surface area contributed by atoms with Crippen LogP contribution in [0.25, 0.3) is 0 Å². The van der Waals surface area contributed by atoms with E-state index in [4.69, 9.17) is 0 Å². The lowest BCUT2D eigenvalue weighted by Crippen LogP contribution is -2.27. The van der Waals surface area contributed by atoms with E-state index in [2.05, 4.69) is 23.2 Å². The fourth-order valence-electron chi connectivity index (χ4n) is 0.319. The first kappa shape index (κ1) is 11.2. The van der Waals surface area contributed by atoms with Gasteiger partial charge in [-0.1, -0.05) is 0 Å². The first-order chi connectivity index (χ1) is 4.63. The Morgan fingerprint density at radius 3 is 1.55 bits per heavy atom. The van der Waals surface area contributed by atoms with E-state index < -0.39 is 23.4 Å². The van der Waals surface area contributed by atoms with Crippen LogP contribution in [0.2, 0.25) is 0 Å². The standard InChI is InChI=1S/C4H3Cl2F5/c5-2(4(6,10)11)1-3(7,8)9/h2H,1H2/t2-/m1/s1. The molecule has 0 saturated heterocycles. The summed E-state index contributed by atoms with van der Waals surface area (Å²) < 4.78 is 57.6. The Kier molecular flexibility index (Phi) is 3.38. The van der Waals surface area contributed by atoms with Crippen LogP contribution in [0.15, 0.2) is 0 Å². The maximum Gasteiger partial charge on any atom is 0.390 e. The van der Waals surface area contributed by atoms with Gasteiger partial charge in [-0.05, 0) is 11.6 Å². The molecule has 0 radical (unpaired) electrons. The van der Waals surface area contributed by atoms with Crippen molar-refractivity contribution in [3.8, 4) is 0 Å². The van der Waals surface area contributed by atoms with Crippen molar-refractivity contribution in [1.82, 2.24) is 0 Å². The summed E-state index contributed by atoms with van der Waals surface area (Å²) in [6, 6.07) is 0. The molecule has 1 atom stereocenters. The van der Waals surface area contributed by atoms with Gasteiger partial charge in [0.2, 0.25) is 0 Å². The Bertz CT molecular complexity index is 125. The molecule has 0 nitrogen and oxygen atoms in total. The van der Waals surface area contributed by atoms with Crippen LogP contribution in [0.4, 0.5) is 22.0 Å². The number of alkyl halides is 7. The highest BCUT2D eigenvalue weighted by atomic mass is 35.5. The molecule has 0 aliphatic carbocycles. The van der Waals surface area contributed by atoms with Gasteiger partial charge in [-0.3, -0.25) is 0 Å². The highest BCUT2D eigenvalue weighted by Gasteiger charge is 2.43. The zero-order valence-corrected chi connectivity index (χ0v) is 6.44. The third-order valence-electron chi connectivity index (χ3n) is 0.766. The largest absolute Gasteiger partial charge is 0.390 e. The molecule has 0 aromatic heterocycles. The van der Waals surface area contributed by atoms with Crippen molar-refractivity contribution in [2.45, 2.75) is 23.4 Å². The first-order valence-electron chi connectivity index (χ1n) is 2.40. The van der Waals surface area contributed by atoms with Crippen LogP contribution < -0.4 is 0 Å². The summed E-state index contributed by atoms with van der Waals surface area (Å²) in [5.74, 6) is 0. The van der Waals surface area contributed by atoms with E-state index in [1.54, 1.807) is 0 Å². The Hall–Kier alpha value is 0.230. The molecule has 0 aliphatic heterocycles. The summed E-state index contributed by atoms with van der Waals surface area (Å²) in [5, 5.41) is -6.43. The predicted molar refractivity (Wildman–Crippen MR) is 31.1 cm³/mol. The van der Waals surface area contributed by atoms with Gasteiger partial charge in [0.25, 0.3) is 0 Å². The summed E-state index contributed by atoms with van der Waals surface area (Å²) in [7, 11) is 0. The maximum absolute atomic E-state index is 11.8. The number of halogens is 7. The average Bonchev–Trinajstić information content (AvgIpc) is 1.56. The lowest BCUT2D eigenvalue weighted by molar-refractivity contribution is -0.142. The molecule has 0 spiro atoms. The molecule has 0 amide bonds. The highest BCUT2D eigenvalue weighted by Crippen LogP contribution is 2.35. The third-order valence-corrected chi connectivity index (χ3v) is 1.57. The molecule has 11 heavy (non-hydrogen) atoms. The van der Waals surface area contributed by atoms with Gasteiger partial charge in [0, 0.05) is 0 Å². The lowest BCUT2D eigenvalue weighted by atomic mass is 10.3. The van der Waals surface area contributed by atoms with Gasteiger partial charge in [0.15, 0.2) is 0 Å². The van der Waals surface area contributed by atoms with Gasteiger partial charge in [-0.2, -0.15) is 22.0 Å². The molecule has 0 heterocycles. The van der Waals surface area contributed by atoms with Crippen molar-refractivity contribution in [3.05, 3.63) is 0 Å². The van der Waals surface area contributed by atoms with Crippen molar-refractivity contribution in [2.24, 2.45) is 0 Å². The Labute approximate surface area is 69.3 Å². The van der Waals surface area contributed by atoms with Crippen LogP contribution in [0.5, 0.6) is 0 Å². The molecule has 0 unspecified atom stereocenters. The predicted octanol–water partition coefficient (Wildman–Crippen LogP) is 3.38. The molecule has 0 bridgehead atoms. The summed E-state index contributed by atoms with van der Waals surface area (Å²) in [6.45, 7) is 0. The van der Waals surface area contributed by atoms with Crippen LogP contribution in [-0.2, 0) is 0 Å². The van der Waals surface area contributed by atoms with Crippen LogP contribution in [0.1, 0.15) is 6.42 Å². The molecule has 0 N–H and O–H groups in total. The topological polar surface area (TPSA) is 0 Å². The molecule has 0 fully saturated rings. The minimum absolute atomic E-state index is 1.80. The molecule has 7 heteroatoms. The van der Waals surface area contributed by atoms with Crippen molar-refractivity contribution in [1.29, 1.82) is 0 Å². The zero-order valence-electron chi connectivity index (χ0n) is 4.93. The molecular weight excluding hydrogens is 214 g/mol. The second kappa shape index (κ2) is 3.31. The van der Waals surface area contributed by atoms with Crippen LogP contribution in [0.3, 0.4) is 0 Å². The van der Waals surface area contributed by atoms with Crippen molar-refractivity contribution in [2.75, 3.05) is 0 Å². The van der Waals surface area contributed by atoms with E-state index in [9.17, 15) is 22.0 Å². The Balaban J connectivity index is 3.99. The van der Waals surface area contributed by atoms with E-state index in [-0.39, 0.29) is 0 Å². The van der Waals surface area contributed by atoms with Gasteiger partial charge in [0.05, 0.1) is 6.42 Å². The average molecular weight is 217 g/mol. The van der Waals surface area contributed by atoms with E-state index in [0.29, 0.717) is 0 Å². The minimum atomic E-state index is -4.72. The fourth-order valence-corrected chi connectivity index (χ4v) is 0.571. The molecule has 0 saturated carbocycles. The first-order valence-corrected chi connectivity index (χ1v) is 3.22. The quantitative estimate of drug-likeness (QED) is 0.491. The van der Waals surface area contributed by atoms with Gasteiger partial charge >= 0.3 is 11.6 Å². The Morgan fingerprint density at radius 2 is 1.45 bits per heavy atom. The van der Waals surface area contributed by atoms with Crippen LogP contribution in [-0.4, -0.2) is 16.9 Å². The highest BCUT2D eigenvalue weighted by molar-refractivity contribution is 6.30. The SMILES string of the molecule is FC(F)(F)C[C@@H](Cl)C(F)(F)Cl. The van der Waals surface area contributed by atoms with Gasteiger partial charge in [-0.25, -0.2) is 0 Å². The smallest absolute Gasteiger partial charge is 0.187 e. The van der Waals surface area contributed by atoms with Crippen LogP contribution in [0, 0.1) is 0 Å². The molecule has 0 rings (SSSR count). The number of rotatable bonds is 2. The van der Waals surface area contributed by atoms with Crippen molar-refractivity contribution in [3.63, 3.8) is 0 Å². The Morgan fingerprint density at radius 1 is 1.09 bits per heavy atom. The maximum atomic E-state index is 11.8. The van der Waals surface area contributed by atoms with Gasteiger partial charge in [0.1, 0.15) is 5.38 Å². The normalized spacial score (nSPS) is 16.6. The zero-order chi connectivity index (χ0) is 9.28. The second-order valence-electron chi connectivity index (χ2n) is 1.83. The van der Waals surface area contributed by atoms with Crippen LogP contribution >= 0.6 is 23.2 Å². The lowest BCUT2D eigenvalue weighted by Gasteiger charge is -2.16. The summed E-state index contributed by atoms with van der Waals surface area (Å²) >= 11 is 8.86. The third kappa shape index (κ3) is 5.49. The summed E-state index contributed by atoms with van der Waals surface area (Å²) in [4.78, 5) is 0. The second-order valence-corrected chi connectivity index (χ2v) is 2.86. The van der Waals surface area contributed by atoms with E-state index in [0.717, 1.165) is 0 Å². The fraction of sp³-hybridized carbons (Fsp3) is 1.00. The minimum Gasteiger partial charge on any atom is -0.187 e. The van der Waals surface area contributed by atoms with E-state index in [1.165, 1.54) is 0 Å². The molecule has 0 aliphatic rings. The number of hydrogen-bond acceptors (Lipinski definition) is 0. The van der Waals surface area contributed by atoms with Crippen molar-refractivity contribution >= 4 is 23.2 Å².